The van der Waals surface area contributed by atoms with Crippen LogP contribution in [0.1, 0.15) is 39.5 Å². The molecule has 114 valence electrons. The molecule has 0 radical (unpaired) electrons. The highest BCUT2D eigenvalue weighted by Gasteiger charge is 2.17. The lowest BCUT2D eigenvalue weighted by atomic mass is 10.00. The minimum atomic E-state index is -3.63. The zero-order valence-electron chi connectivity index (χ0n) is 11.8. The van der Waals surface area contributed by atoms with Crippen LogP contribution in [-0.2, 0) is 10.0 Å². The van der Waals surface area contributed by atoms with E-state index in [-0.39, 0.29) is 9.92 Å². The minimum absolute atomic E-state index is 0.0209. The average molecular weight is 321 g/mol. The highest BCUT2D eigenvalue weighted by atomic mass is 35.5. The Bertz CT molecular complexity index is 584. The molecular formula is C13H21ClN2O3S. The highest BCUT2D eigenvalue weighted by Crippen LogP contribution is 2.14. The fourth-order valence-corrected chi connectivity index (χ4v) is 3.19. The van der Waals surface area contributed by atoms with Crippen molar-refractivity contribution in [1.29, 1.82) is 0 Å². The topological polar surface area (TPSA) is 79.0 Å². The first-order chi connectivity index (χ1) is 9.40. The second-order valence-electron chi connectivity index (χ2n) is 4.78. The molecule has 0 bridgehead atoms. The maximum Gasteiger partial charge on any atom is 0.266 e. The quantitative estimate of drug-likeness (QED) is 0.772. The Morgan fingerprint density at radius 2 is 2.10 bits per heavy atom. The fourth-order valence-electron chi connectivity index (χ4n) is 1.85. The van der Waals surface area contributed by atoms with Crippen LogP contribution in [0.3, 0.4) is 0 Å². The number of unbranched alkanes of at least 4 members (excludes halogenated alkanes) is 1. The lowest BCUT2D eigenvalue weighted by molar-refractivity contribution is 0.443. The second kappa shape index (κ2) is 7.81. The van der Waals surface area contributed by atoms with Crippen LogP contribution in [0.15, 0.2) is 22.0 Å². The third-order valence-corrected chi connectivity index (χ3v) is 4.93. The number of sulfonamides is 1. The van der Waals surface area contributed by atoms with Gasteiger partial charge in [-0.2, -0.15) is 0 Å². The highest BCUT2D eigenvalue weighted by molar-refractivity contribution is 7.89. The molecule has 7 heteroatoms. The summed E-state index contributed by atoms with van der Waals surface area (Å²) in [4.78, 5) is 13.4. The van der Waals surface area contributed by atoms with E-state index in [1.807, 2.05) is 6.92 Å². The summed E-state index contributed by atoms with van der Waals surface area (Å²) in [6.07, 6.45) is 5.27. The van der Waals surface area contributed by atoms with E-state index < -0.39 is 15.6 Å². The Morgan fingerprint density at radius 1 is 1.40 bits per heavy atom. The standard InChI is InChI=1S/C13H21ClN2O3S/c1-3-5-6-10(4-2)8-16-20(18,19)11-7-12(14)13(17)15-9-11/h7,9-10,16H,3-6,8H2,1-2H3,(H,15,17). The molecule has 0 aliphatic carbocycles. The van der Waals surface area contributed by atoms with E-state index in [2.05, 4.69) is 16.6 Å². The van der Waals surface area contributed by atoms with Crippen molar-refractivity contribution in [3.05, 3.63) is 27.6 Å². The number of rotatable bonds is 8. The van der Waals surface area contributed by atoms with Gasteiger partial charge >= 0.3 is 0 Å². The van der Waals surface area contributed by atoms with E-state index >= 15 is 0 Å². The number of H-pyrrole nitrogens is 1. The zero-order valence-corrected chi connectivity index (χ0v) is 13.4. The van der Waals surface area contributed by atoms with Crippen molar-refractivity contribution in [1.82, 2.24) is 9.71 Å². The molecule has 0 spiro atoms. The van der Waals surface area contributed by atoms with Gasteiger partial charge < -0.3 is 4.98 Å². The molecule has 0 aliphatic heterocycles. The van der Waals surface area contributed by atoms with Crippen LogP contribution in [0.25, 0.3) is 0 Å². The number of hydrogen-bond acceptors (Lipinski definition) is 3. The third kappa shape index (κ3) is 4.92. The van der Waals surface area contributed by atoms with Gasteiger partial charge in [0, 0.05) is 12.7 Å². The number of aromatic amines is 1. The Labute approximate surface area is 124 Å². The predicted octanol–water partition coefficient (Wildman–Crippen LogP) is 2.52. The van der Waals surface area contributed by atoms with Crippen molar-refractivity contribution >= 4 is 21.6 Å². The molecule has 1 atom stereocenters. The summed E-state index contributed by atoms with van der Waals surface area (Å²) in [5.41, 5.74) is -0.500. The summed E-state index contributed by atoms with van der Waals surface area (Å²) in [5.74, 6) is 0.322. The molecule has 1 rings (SSSR count). The van der Waals surface area contributed by atoms with Crippen molar-refractivity contribution in [2.24, 2.45) is 5.92 Å². The summed E-state index contributed by atoms with van der Waals surface area (Å²) in [5, 5.41) is -0.133. The number of aromatic nitrogens is 1. The Hall–Kier alpha value is -0.850. The molecule has 0 saturated carbocycles. The first-order valence-electron chi connectivity index (χ1n) is 6.78. The molecule has 1 heterocycles. The number of nitrogens with one attached hydrogen (secondary N) is 2. The first kappa shape index (κ1) is 17.2. The van der Waals surface area contributed by atoms with E-state index in [9.17, 15) is 13.2 Å². The molecule has 20 heavy (non-hydrogen) atoms. The van der Waals surface area contributed by atoms with Crippen LogP contribution in [0.2, 0.25) is 5.02 Å². The van der Waals surface area contributed by atoms with Gasteiger partial charge in [0.15, 0.2) is 0 Å². The van der Waals surface area contributed by atoms with E-state index in [0.717, 1.165) is 37.9 Å². The summed E-state index contributed by atoms with van der Waals surface area (Å²) >= 11 is 5.64. The SMILES string of the molecule is CCCCC(CC)CNS(=O)(=O)c1c[nH]c(=O)c(Cl)c1. The Balaban J connectivity index is 2.74. The Kier molecular flexibility index (Phi) is 6.71. The first-order valence-corrected chi connectivity index (χ1v) is 8.64. The molecule has 0 fully saturated rings. The number of pyridine rings is 1. The Morgan fingerprint density at radius 3 is 2.65 bits per heavy atom. The molecule has 2 N–H and O–H groups in total. The molecule has 0 aromatic carbocycles. The second-order valence-corrected chi connectivity index (χ2v) is 6.95. The fraction of sp³-hybridized carbons (Fsp3) is 0.615. The van der Waals surface area contributed by atoms with Gasteiger partial charge in [0.2, 0.25) is 10.0 Å². The maximum atomic E-state index is 12.1. The molecule has 1 aromatic heterocycles. The molecule has 0 aliphatic rings. The summed E-state index contributed by atoms with van der Waals surface area (Å²) < 4.78 is 26.8. The smallest absolute Gasteiger partial charge is 0.266 e. The monoisotopic (exact) mass is 320 g/mol. The van der Waals surface area contributed by atoms with E-state index in [0.29, 0.717) is 12.5 Å². The van der Waals surface area contributed by atoms with Crippen LogP contribution in [0.5, 0.6) is 0 Å². The van der Waals surface area contributed by atoms with E-state index in [4.69, 9.17) is 11.6 Å². The van der Waals surface area contributed by atoms with Gasteiger partial charge in [0.1, 0.15) is 5.02 Å². The normalized spacial score (nSPS) is 13.3. The summed E-state index contributed by atoms with van der Waals surface area (Å²) in [6, 6.07) is 1.16. The number of hydrogen-bond donors (Lipinski definition) is 2. The molecule has 1 unspecified atom stereocenters. The zero-order chi connectivity index (χ0) is 15.2. The van der Waals surface area contributed by atoms with Crippen molar-refractivity contribution in [2.75, 3.05) is 6.54 Å². The van der Waals surface area contributed by atoms with Gasteiger partial charge in [-0.05, 0) is 18.4 Å². The van der Waals surface area contributed by atoms with E-state index in [1.54, 1.807) is 0 Å². The molecule has 0 saturated heterocycles. The van der Waals surface area contributed by atoms with Gasteiger partial charge in [-0.1, -0.05) is 44.7 Å². The van der Waals surface area contributed by atoms with Crippen molar-refractivity contribution in [2.45, 2.75) is 44.4 Å². The van der Waals surface area contributed by atoms with Crippen molar-refractivity contribution in [3.8, 4) is 0 Å². The van der Waals surface area contributed by atoms with Crippen molar-refractivity contribution in [3.63, 3.8) is 0 Å². The van der Waals surface area contributed by atoms with Crippen LogP contribution < -0.4 is 10.3 Å². The third-order valence-electron chi connectivity index (χ3n) is 3.25. The number of halogens is 1. The molecule has 1 aromatic rings. The summed E-state index contributed by atoms with van der Waals surface area (Å²) in [6.45, 7) is 4.56. The van der Waals surface area contributed by atoms with Gasteiger partial charge in [-0.25, -0.2) is 13.1 Å². The maximum absolute atomic E-state index is 12.1. The van der Waals surface area contributed by atoms with Gasteiger partial charge in [0.05, 0.1) is 4.90 Å². The van der Waals surface area contributed by atoms with Crippen LogP contribution in [0, 0.1) is 5.92 Å². The molecular weight excluding hydrogens is 300 g/mol. The molecule has 0 amide bonds. The summed E-state index contributed by atoms with van der Waals surface area (Å²) in [7, 11) is -3.63. The predicted molar refractivity (Wildman–Crippen MR) is 80.6 cm³/mol. The van der Waals surface area contributed by atoms with Crippen LogP contribution in [-0.4, -0.2) is 19.9 Å². The van der Waals surface area contributed by atoms with Gasteiger partial charge in [0.25, 0.3) is 5.56 Å². The lowest BCUT2D eigenvalue weighted by Crippen LogP contribution is -2.29. The largest absolute Gasteiger partial charge is 0.326 e. The van der Waals surface area contributed by atoms with Crippen molar-refractivity contribution < 1.29 is 8.42 Å². The van der Waals surface area contributed by atoms with Crippen LogP contribution in [0.4, 0.5) is 0 Å². The van der Waals surface area contributed by atoms with E-state index in [1.165, 1.54) is 0 Å². The van der Waals surface area contributed by atoms with Crippen LogP contribution >= 0.6 is 11.6 Å². The average Bonchev–Trinajstić information content (AvgIpc) is 2.42. The van der Waals surface area contributed by atoms with Gasteiger partial charge in [-0.15, -0.1) is 0 Å². The minimum Gasteiger partial charge on any atom is -0.326 e. The van der Waals surface area contributed by atoms with Gasteiger partial charge in [-0.3, -0.25) is 4.79 Å². The lowest BCUT2D eigenvalue weighted by Gasteiger charge is -2.15. The molecule has 5 nitrogen and oxygen atoms in total.